The van der Waals surface area contributed by atoms with E-state index in [4.69, 9.17) is 4.74 Å². The van der Waals surface area contributed by atoms with Gasteiger partial charge in [-0.2, -0.15) is 0 Å². The predicted octanol–water partition coefficient (Wildman–Crippen LogP) is 2.76. The van der Waals surface area contributed by atoms with Gasteiger partial charge in [-0.1, -0.05) is 18.2 Å². The number of rotatable bonds is 2. The van der Waals surface area contributed by atoms with Crippen molar-refractivity contribution >= 4 is 22.7 Å². The van der Waals surface area contributed by atoms with Crippen LogP contribution in [0.25, 0.3) is 10.9 Å². The number of hydrogen-bond acceptors (Lipinski definition) is 4. The molecule has 4 heterocycles. The lowest BCUT2D eigenvalue weighted by atomic mass is 9.75. The van der Waals surface area contributed by atoms with E-state index in [2.05, 4.69) is 27.7 Å². The number of ether oxygens (including phenoxy) is 1. The second kappa shape index (κ2) is 4.97. The average Bonchev–Trinajstić information content (AvgIpc) is 2.96. The van der Waals surface area contributed by atoms with Crippen molar-refractivity contribution < 1.29 is 14.3 Å². The fourth-order valence-corrected chi connectivity index (χ4v) is 5.09. The lowest BCUT2D eigenvalue weighted by molar-refractivity contribution is -0.147. The van der Waals surface area contributed by atoms with Gasteiger partial charge in [-0.05, 0) is 31.4 Å². The van der Waals surface area contributed by atoms with Gasteiger partial charge in [0.1, 0.15) is 6.04 Å². The van der Waals surface area contributed by atoms with Crippen molar-refractivity contribution in [2.24, 2.45) is 5.92 Å². The summed E-state index contributed by atoms with van der Waals surface area (Å²) in [5, 5.41) is 1.22. The largest absolute Gasteiger partial charge is 0.467 e. The van der Waals surface area contributed by atoms with Gasteiger partial charge in [-0.15, -0.1) is 0 Å². The molecule has 5 rings (SSSR count). The van der Waals surface area contributed by atoms with Crippen molar-refractivity contribution in [2.45, 2.75) is 31.8 Å². The molecule has 0 N–H and O–H groups in total. The summed E-state index contributed by atoms with van der Waals surface area (Å²) in [5.41, 5.74) is 4.41. The summed E-state index contributed by atoms with van der Waals surface area (Å²) < 4.78 is 7.32. The van der Waals surface area contributed by atoms with Crippen LogP contribution in [0.15, 0.2) is 36.0 Å². The number of hydrogen-bond donors (Lipinski definition) is 0. The van der Waals surface area contributed by atoms with Crippen LogP contribution in [0.5, 0.6) is 0 Å². The Kier molecular flexibility index (Phi) is 2.94. The molecule has 3 aliphatic heterocycles. The third-order valence-electron chi connectivity index (χ3n) is 6.08. The van der Waals surface area contributed by atoms with Gasteiger partial charge in [0.15, 0.2) is 5.78 Å². The van der Waals surface area contributed by atoms with Gasteiger partial charge in [0.2, 0.25) is 0 Å². The van der Waals surface area contributed by atoms with Gasteiger partial charge in [-0.3, -0.25) is 4.79 Å². The van der Waals surface area contributed by atoms with E-state index in [1.54, 1.807) is 6.92 Å². The maximum atomic E-state index is 12.8. The SMILES string of the molecule is COC(=O)C1C2CC3c4c(c5ccccc5n41)CCN3C=C2C(C)=O. The smallest absolute Gasteiger partial charge is 0.329 e. The molecule has 3 atom stereocenters. The molecule has 0 spiro atoms. The topological polar surface area (TPSA) is 51.5 Å². The Morgan fingerprint density at radius 3 is 2.80 bits per heavy atom. The molecule has 0 aliphatic carbocycles. The zero-order valence-electron chi connectivity index (χ0n) is 14.4. The van der Waals surface area contributed by atoms with E-state index in [1.807, 2.05) is 12.3 Å². The minimum atomic E-state index is -0.467. The summed E-state index contributed by atoms with van der Waals surface area (Å²) in [4.78, 5) is 27.3. The van der Waals surface area contributed by atoms with Crippen LogP contribution in [0, 0.1) is 5.92 Å². The lowest BCUT2D eigenvalue weighted by Crippen LogP contribution is -2.47. The number of para-hydroxylation sites is 1. The normalized spacial score (nSPS) is 26.4. The molecule has 1 aromatic carbocycles. The molecule has 1 aromatic heterocycles. The van der Waals surface area contributed by atoms with E-state index in [0.29, 0.717) is 0 Å². The Balaban J connectivity index is 1.86. The van der Waals surface area contributed by atoms with Gasteiger partial charge in [0.05, 0.1) is 13.2 Å². The molecule has 25 heavy (non-hydrogen) atoms. The van der Waals surface area contributed by atoms with Crippen molar-refractivity contribution in [1.82, 2.24) is 9.47 Å². The average molecular weight is 336 g/mol. The van der Waals surface area contributed by atoms with Crippen LogP contribution in [0.4, 0.5) is 0 Å². The first-order valence-electron chi connectivity index (χ1n) is 8.79. The maximum Gasteiger partial charge on any atom is 0.329 e. The van der Waals surface area contributed by atoms with Gasteiger partial charge in [0, 0.05) is 40.8 Å². The summed E-state index contributed by atoms with van der Waals surface area (Å²) in [5.74, 6) is -0.346. The van der Waals surface area contributed by atoms with Crippen LogP contribution in [-0.4, -0.2) is 34.9 Å². The molecular weight excluding hydrogens is 316 g/mol. The Morgan fingerprint density at radius 2 is 2.04 bits per heavy atom. The van der Waals surface area contributed by atoms with E-state index < -0.39 is 6.04 Å². The van der Waals surface area contributed by atoms with Crippen LogP contribution < -0.4 is 0 Å². The Morgan fingerprint density at radius 1 is 1.24 bits per heavy atom. The fourth-order valence-electron chi connectivity index (χ4n) is 5.09. The molecule has 5 nitrogen and oxygen atoms in total. The first-order valence-corrected chi connectivity index (χ1v) is 8.79. The molecule has 3 aliphatic rings. The van der Waals surface area contributed by atoms with Crippen LogP contribution >= 0.6 is 0 Å². The molecule has 0 radical (unpaired) electrons. The van der Waals surface area contributed by atoms with Crippen LogP contribution in [0.1, 0.15) is 36.7 Å². The highest BCUT2D eigenvalue weighted by molar-refractivity contribution is 5.96. The zero-order chi connectivity index (χ0) is 17.3. The number of Topliss-reactive ketones (excluding diaryl/α,β-unsaturated/α-hetero) is 1. The minimum Gasteiger partial charge on any atom is -0.467 e. The number of esters is 1. The van der Waals surface area contributed by atoms with E-state index in [0.717, 1.165) is 30.5 Å². The molecule has 2 bridgehead atoms. The standard InChI is InChI=1S/C20H20N2O3/c1-11(23)15-10-21-8-7-13-12-5-3-4-6-16(12)22-18(13)17(21)9-14(15)19(22)20(24)25-2/h3-6,10,14,17,19H,7-9H2,1-2H3. The van der Waals surface area contributed by atoms with Crippen molar-refractivity contribution in [1.29, 1.82) is 0 Å². The Bertz CT molecular complexity index is 955. The molecular formula is C20H20N2O3. The maximum absolute atomic E-state index is 12.8. The number of fused-ring (bicyclic) bond motifs is 4. The predicted molar refractivity (Wildman–Crippen MR) is 93.0 cm³/mol. The zero-order valence-corrected chi connectivity index (χ0v) is 14.4. The molecule has 2 aromatic rings. The fraction of sp³-hybridized carbons (Fsp3) is 0.400. The highest BCUT2D eigenvalue weighted by Crippen LogP contribution is 2.52. The number of ketones is 1. The number of carbonyl (C=O) groups excluding carboxylic acids is 2. The van der Waals surface area contributed by atoms with Crippen LogP contribution in [-0.2, 0) is 20.7 Å². The lowest BCUT2D eigenvalue weighted by Gasteiger charge is -2.48. The van der Waals surface area contributed by atoms with E-state index in [-0.39, 0.29) is 23.7 Å². The third-order valence-corrected chi connectivity index (χ3v) is 6.08. The Hall–Kier alpha value is -2.56. The monoisotopic (exact) mass is 336 g/mol. The van der Waals surface area contributed by atoms with E-state index in [1.165, 1.54) is 23.8 Å². The number of carbonyl (C=O) groups is 2. The van der Waals surface area contributed by atoms with Crippen LogP contribution in [0.2, 0.25) is 0 Å². The number of methoxy groups -OCH3 is 1. The highest BCUT2D eigenvalue weighted by Gasteiger charge is 2.49. The van der Waals surface area contributed by atoms with Crippen molar-refractivity contribution in [2.75, 3.05) is 13.7 Å². The molecule has 3 unspecified atom stereocenters. The summed E-state index contributed by atoms with van der Waals surface area (Å²) in [6, 6.07) is 8.05. The first-order chi connectivity index (χ1) is 12.1. The number of aromatic nitrogens is 1. The van der Waals surface area contributed by atoms with Crippen molar-refractivity contribution in [3.63, 3.8) is 0 Å². The molecule has 0 amide bonds. The summed E-state index contributed by atoms with van der Waals surface area (Å²) in [6.07, 6.45) is 3.73. The minimum absolute atomic E-state index is 0.0445. The third kappa shape index (κ3) is 1.78. The number of benzene rings is 1. The van der Waals surface area contributed by atoms with Gasteiger partial charge >= 0.3 is 5.97 Å². The van der Waals surface area contributed by atoms with Crippen molar-refractivity contribution in [3.8, 4) is 0 Å². The number of allylic oxidation sites excluding steroid dienone is 1. The second-order valence-corrected chi connectivity index (χ2v) is 7.21. The molecule has 0 saturated heterocycles. The summed E-state index contributed by atoms with van der Waals surface area (Å²) in [7, 11) is 1.43. The van der Waals surface area contributed by atoms with Crippen LogP contribution in [0.3, 0.4) is 0 Å². The van der Waals surface area contributed by atoms with Crippen molar-refractivity contribution in [3.05, 3.63) is 47.3 Å². The summed E-state index contributed by atoms with van der Waals surface area (Å²) in [6.45, 7) is 2.51. The Labute approximate surface area is 145 Å². The van der Waals surface area contributed by atoms with Gasteiger partial charge in [0.25, 0.3) is 0 Å². The number of nitrogens with zero attached hydrogens (tertiary/aromatic N) is 2. The molecule has 0 saturated carbocycles. The second-order valence-electron chi connectivity index (χ2n) is 7.21. The van der Waals surface area contributed by atoms with E-state index in [9.17, 15) is 9.59 Å². The first kappa shape index (κ1) is 14.8. The quantitative estimate of drug-likeness (QED) is 0.792. The van der Waals surface area contributed by atoms with Gasteiger partial charge in [-0.25, -0.2) is 4.79 Å². The van der Waals surface area contributed by atoms with Gasteiger partial charge < -0.3 is 14.2 Å². The molecule has 5 heteroatoms. The summed E-state index contributed by atoms with van der Waals surface area (Å²) >= 11 is 0. The highest BCUT2D eigenvalue weighted by atomic mass is 16.5. The van der Waals surface area contributed by atoms with E-state index >= 15 is 0 Å². The molecule has 128 valence electrons. The molecule has 0 fully saturated rings.